The van der Waals surface area contributed by atoms with E-state index in [-0.39, 0.29) is 11.3 Å². The number of rotatable bonds is 6. The summed E-state index contributed by atoms with van der Waals surface area (Å²) in [6.07, 6.45) is 2.58. The molecule has 2 aromatic rings. The summed E-state index contributed by atoms with van der Waals surface area (Å²) < 4.78 is 0. The van der Waals surface area contributed by atoms with E-state index in [0.717, 1.165) is 11.3 Å². The van der Waals surface area contributed by atoms with Crippen molar-refractivity contribution in [3.8, 4) is 0 Å². The summed E-state index contributed by atoms with van der Waals surface area (Å²) in [4.78, 5) is 24.6. The number of carbonyl (C=O) groups is 1. The van der Waals surface area contributed by atoms with Crippen LogP contribution in [0.5, 0.6) is 0 Å². The number of nitro groups is 1. The van der Waals surface area contributed by atoms with Crippen LogP contribution in [0.3, 0.4) is 0 Å². The van der Waals surface area contributed by atoms with Gasteiger partial charge in [-0.3, -0.25) is 14.9 Å². The molecule has 1 amide bonds. The Bertz CT molecular complexity index is 642. The molecule has 0 saturated carbocycles. The molecule has 5 nitrogen and oxygen atoms in total. The van der Waals surface area contributed by atoms with Crippen LogP contribution in [0.4, 0.5) is 5.69 Å². The van der Waals surface area contributed by atoms with Gasteiger partial charge in [0.15, 0.2) is 0 Å². The Balaban J connectivity index is 2.08. The van der Waals surface area contributed by atoms with Crippen molar-refractivity contribution in [1.82, 2.24) is 5.32 Å². The van der Waals surface area contributed by atoms with Gasteiger partial charge >= 0.3 is 0 Å². The Labute approximate surface area is 130 Å². The van der Waals surface area contributed by atoms with Gasteiger partial charge in [0.1, 0.15) is 5.56 Å². The van der Waals surface area contributed by atoms with Crippen LogP contribution in [-0.4, -0.2) is 23.6 Å². The lowest BCUT2D eigenvalue weighted by molar-refractivity contribution is -0.385. The van der Waals surface area contributed by atoms with Crippen LogP contribution < -0.4 is 5.32 Å². The second-order valence-corrected chi connectivity index (χ2v) is 6.14. The first-order valence-electron chi connectivity index (χ1n) is 6.25. The van der Waals surface area contributed by atoms with Gasteiger partial charge in [0, 0.05) is 22.4 Å². The maximum absolute atomic E-state index is 12.1. The van der Waals surface area contributed by atoms with Gasteiger partial charge in [-0.25, -0.2) is 0 Å². The van der Waals surface area contributed by atoms with Crippen molar-refractivity contribution in [3.63, 3.8) is 0 Å². The fraction of sp³-hybridized carbons (Fsp3) is 0.214. The van der Waals surface area contributed by atoms with E-state index in [1.807, 2.05) is 23.8 Å². The number of carbonyl (C=O) groups excluding carboxylic acids is 1. The maximum atomic E-state index is 12.1. The monoisotopic (exact) mass is 322 g/mol. The average molecular weight is 322 g/mol. The van der Waals surface area contributed by atoms with Crippen LogP contribution >= 0.6 is 23.1 Å². The minimum atomic E-state index is -0.529. The van der Waals surface area contributed by atoms with Crippen molar-refractivity contribution in [2.45, 2.75) is 11.3 Å². The molecule has 21 heavy (non-hydrogen) atoms. The van der Waals surface area contributed by atoms with Crippen molar-refractivity contribution in [2.75, 3.05) is 12.8 Å². The summed E-state index contributed by atoms with van der Waals surface area (Å²) in [5.41, 5.74) is -0.0561. The summed E-state index contributed by atoms with van der Waals surface area (Å²) in [6.45, 7) is 0.458. The summed E-state index contributed by atoms with van der Waals surface area (Å²) >= 11 is 3.06. The van der Waals surface area contributed by atoms with E-state index in [9.17, 15) is 14.9 Å². The van der Waals surface area contributed by atoms with Crippen molar-refractivity contribution in [1.29, 1.82) is 0 Å². The van der Waals surface area contributed by atoms with Crippen LogP contribution in [0.25, 0.3) is 0 Å². The highest BCUT2D eigenvalue weighted by atomic mass is 32.2. The highest BCUT2D eigenvalue weighted by molar-refractivity contribution is 7.98. The maximum Gasteiger partial charge on any atom is 0.282 e. The number of hydrogen-bond donors (Lipinski definition) is 1. The van der Waals surface area contributed by atoms with Gasteiger partial charge in [-0.15, -0.1) is 23.1 Å². The Kier molecular flexibility index (Phi) is 5.35. The number of amides is 1. The zero-order valence-electron chi connectivity index (χ0n) is 11.4. The minimum absolute atomic E-state index is 0.109. The minimum Gasteiger partial charge on any atom is -0.351 e. The first-order chi connectivity index (χ1) is 10.1. The molecule has 1 N–H and O–H groups in total. The summed E-state index contributed by atoms with van der Waals surface area (Å²) in [5, 5.41) is 15.7. The van der Waals surface area contributed by atoms with Gasteiger partial charge in [0.25, 0.3) is 11.6 Å². The molecule has 0 fully saturated rings. The van der Waals surface area contributed by atoms with E-state index < -0.39 is 10.8 Å². The van der Waals surface area contributed by atoms with E-state index in [0.29, 0.717) is 6.54 Å². The highest BCUT2D eigenvalue weighted by Crippen LogP contribution is 2.24. The van der Waals surface area contributed by atoms with Gasteiger partial charge in [-0.05, 0) is 36.3 Å². The Morgan fingerprint density at radius 3 is 2.86 bits per heavy atom. The van der Waals surface area contributed by atoms with E-state index in [4.69, 9.17) is 0 Å². The molecule has 0 saturated heterocycles. The average Bonchev–Trinajstić information content (AvgIpc) is 2.99. The number of benzene rings is 1. The van der Waals surface area contributed by atoms with Gasteiger partial charge in [-0.1, -0.05) is 6.07 Å². The lowest BCUT2D eigenvalue weighted by Crippen LogP contribution is -2.26. The standard InChI is InChI=1S/C14H14N2O3S2/c1-20-11-4-5-13(16(18)19)12(9-11)14(17)15-7-6-10-3-2-8-21-10/h2-5,8-9H,6-7H2,1H3,(H,15,17). The number of nitrogens with zero attached hydrogens (tertiary/aromatic N) is 1. The van der Waals surface area contributed by atoms with Crippen LogP contribution in [-0.2, 0) is 6.42 Å². The fourth-order valence-corrected chi connectivity index (χ4v) is 2.98. The van der Waals surface area contributed by atoms with Gasteiger partial charge in [0.2, 0.25) is 0 Å². The predicted octanol–water partition coefficient (Wildman–Crippen LogP) is 3.35. The van der Waals surface area contributed by atoms with Crippen LogP contribution in [0.15, 0.2) is 40.6 Å². The smallest absolute Gasteiger partial charge is 0.282 e. The van der Waals surface area contributed by atoms with Crippen LogP contribution in [0.2, 0.25) is 0 Å². The van der Waals surface area contributed by atoms with E-state index in [1.54, 1.807) is 23.5 Å². The Hall–Kier alpha value is -1.86. The number of hydrogen-bond acceptors (Lipinski definition) is 5. The molecule has 2 rings (SSSR count). The highest BCUT2D eigenvalue weighted by Gasteiger charge is 2.20. The van der Waals surface area contributed by atoms with E-state index in [1.165, 1.54) is 22.7 Å². The molecular weight excluding hydrogens is 308 g/mol. The summed E-state index contributed by atoms with van der Waals surface area (Å²) in [6, 6.07) is 8.52. The lowest BCUT2D eigenvalue weighted by atomic mass is 10.1. The van der Waals surface area contributed by atoms with E-state index >= 15 is 0 Å². The second-order valence-electron chi connectivity index (χ2n) is 4.23. The third-order valence-corrected chi connectivity index (χ3v) is 4.54. The van der Waals surface area contributed by atoms with Crippen molar-refractivity contribution in [2.24, 2.45) is 0 Å². The largest absolute Gasteiger partial charge is 0.351 e. The van der Waals surface area contributed by atoms with Gasteiger partial charge in [0.05, 0.1) is 4.92 Å². The Morgan fingerprint density at radius 1 is 1.43 bits per heavy atom. The molecule has 110 valence electrons. The van der Waals surface area contributed by atoms with E-state index in [2.05, 4.69) is 5.32 Å². The summed E-state index contributed by atoms with van der Waals surface area (Å²) in [5.74, 6) is -0.408. The van der Waals surface area contributed by atoms with Gasteiger partial charge < -0.3 is 5.32 Å². The zero-order valence-corrected chi connectivity index (χ0v) is 13.0. The topological polar surface area (TPSA) is 72.2 Å². The predicted molar refractivity (Wildman–Crippen MR) is 85.2 cm³/mol. The lowest BCUT2D eigenvalue weighted by Gasteiger charge is -2.06. The SMILES string of the molecule is CSc1ccc([N+](=O)[O-])c(C(=O)NCCc2cccs2)c1. The molecule has 1 heterocycles. The van der Waals surface area contributed by atoms with Gasteiger partial charge in [-0.2, -0.15) is 0 Å². The van der Waals surface area contributed by atoms with Crippen molar-refractivity contribution < 1.29 is 9.72 Å². The molecular formula is C14H14N2O3S2. The molecule has 1 aromatic heterocycles. The molecule has 1 aromatic carbocycles. The number of thiophene rings is 1. The molecule has 0 spiro atoms. The molecule has 0 bridgehead atoms. The molecule has 0 unspecified atom stereocenters. The third kappa shape index (κ3) is 4.05. The first-order valence-corrected chi connectivity index (χ1v) is 8.35. The molecule has 0 aliphatic carbocycles. The fourth-order valence-electron chi connectivity index (χ4n) is 1.83. The summed E-state index contributed by atoms with van der Waals surface area (Å²) in [7, 11) is 0. The second kappa shape index (κ2) is 7.24. The molecule has 0 aliphatic heterocycles. The third-order valence-electron chi connectivity index (χ3n) is 2.88. The van der Waals surface area contributed by atoms with Crippen LogP contribution in [0.1, 0.15) is 15.2 Å². The molecule has 7 heteroatoms. The molecule has 0 aliphatic rings. The first kappa shape index (κ1) is 15.5. The Morgan fingerprint density at radius 2 is 2.24 bits per heavy atom. The van der Waals surface area contributed by atoms with Crippen molar-refractivity contribution in [3.05, 3.63) is 56.3 Å². The molecule has 0 atom stereocenters. The normalized spacial score (nSPS) is 10.3. The van der Waals surface area contributed by atoms with Crippen LogP contribution in [0, 0.1) is 10.1 Å². The zero-order chi connectivity index (χ0) is 15.2. The number of nitro benzene ring substituents is 1. The van der Waals surface area contributed by atoms with Crippen molar-refractivity contribution >= 4 is 34.7 Å². The number of nitrogens with one attached hydrogen (secondary N) is 1. The molecule has 0 radical (unpaired) electrons. The number of thioether (sulfide) groups is 1. The quantitative estimate of drug-likeness (QED) is 0.503.